The zero-order valence-corrected chi connectivity index (χ0v) is 12.4. The molecule has 1 N–H and O–H groups in total. The number of carboxylic acid groups (broad SMARTS) is 1. The van der Waals surface area contributed by atoms with E-state index in [-0.39, 0.29) is 5.56 Å². The van der Waals surface area contributed by atoms with Gasteiger partial charge < -0.3 is 9.84 Å². The summed E-state index contributed by atoms with van der Waals surface area (Å²) in [7, 11) is 1.55. The first-order chi connectivity index (χ1) is 11.1. The summed E-state index contributed by atoms with van der Waals surface area (Å²) in [5.41, 5.74) is 2.28. The third-order valence-corrected chi connectivity index (χ3v) is 3.77. The van der Waals surface area contributed by atoms with Gasteiger partial charge in [0.25, 0.3) is 0 Å². The maximum atomic E-state index is 11.2. The summed E-state index contributed by atoms with van der Waals surface area (Å²) in [4.78, 5) is 11.2. The van der Waals surface area contributed by atoms with E-state index < -0.39 is 5.97 Å². The first-order valence-corrected chi connectivity index (χ1v) is 6.98. The lowest BCUT2D eigenvalue weighted by Gasteiger charge is -2.10. The predicted molar refractivity (Wildman–Crippen MR) is 87.6 cm³/mol. The number of hydrogen-bond donors (Lipinski definition) is 1. The summed E-state index contributed by atoms with van der Waals surface area (Å²) in [6.45, 7) is 0. The Balaban J connectivity index is 2.30. The highest BCUT2D eigenvalue weighted by Gasteiger charge is 2.12. The number of nitrogens with zero attached hydrogens (tertiary/aromatic N) is 1. The van der Waals surface area contributed by atoms with Gasteiger partial charge in [-0.25, -0.2) is 4.79 Å². The van der Waals surface area contributed by atoms with E-state index in [1.165, 1.54) is 0 Å². The Morgan fingerprint density at radius 1 is 1.09 bits per heavy atom. The van der Waals surface area contributed by atoms with Crippen LogP contribution in [0, 0.1) is 11.3 Å². The molecule has 4 nitrogen and oxygen atoms in total. The van der Waals surface area contributed by atoms with Crippen LogP contribution in [0.25, 0.3) is 21.9 Å². The fourth-order valence-electron chi connectivity index (χ4n) is 2.62. The zero-order chi connectivity index (χ0) is 16.4. The van der Waals surface area contributed by atoms with Gasteiger partial charge in [0.05, 0.1) is 24.3 Å². The number of rotatable bonds is 3. The van der Waals surface area contributed by atoms with Crippen molar-refractivity contribution in [2.24, 2.45) is 0 Å². The van der Waals surface area contributed by atoms with Crippen LogP contribution in [0.15, 0.2) is 54.6 Å². The van der Waals surface area contributed by atoms with Crippen LogP contribution < -0.4 is 4.74 Å². The molecule has 0 bridgehead atoms. The van der Waals surface area contributed by atoms with Crippen molar-refractivity contribution in [2.45, 2.75) is 0 Å². The van der Waals surface area contributed by atoms with E-state index in [9.17, 15) is 15.2 Å². The van der Waals surface area contributed by atoms with E-state index in [1.807, 2.05) is 24.3 Å². The first kappa shape index (κ1) is 14.6. The van der Waals surface area contributed by atoms with Crippen molar-refractivity contribution in [3.8, 4) is 22.9 Å². The molecule has 3 aromatic carbocycles. The van der Waals surface area contributed by atoms with Gasteiger partial charge in [0.15, 0.2) is 0 Å². The lowest BCUT2D eigenvalue weighted by molar-refractivity contribution is 0.0697. The quantitative estimate of drug-likeness (QED) is 0.791. The molecule has 0 heterocycles. The Labute approximate surface area is 133 Å². The second kappa shape index (κ2) is 5.82. The lowest BCUT2D eigenvalue weighted by Crippen LogP contribution is -1.96. The third kappa shape index (κ3) is 2.60. The van der Waals surface area contributed by atoms with Crippen molar-refractivity contribution < 1.29 is 14.6 Å². The topological polar surface area (TPSA) is 70.3 Å². The predicted octanol–water partition coefficient (Wildman–Crippen LogP) is 4.09. The fraction of sp³-hybridized carbons (Fsp3) is 0.0526. The summed E-state index contributed by atoms with van der Waals surface area (Å²) >= 11 is 0. The van der Waals surface area contributed by atoms with Gasteiger partial charge in [0.2, 0.25) is 0 Å². The molecule has 3 aromatic rings. The van der Waals surface area contributed by atoms with E-state index in [1.54, 1.807) is 37.4 Å². The van der Waals surface area contributed by atoms with E-state index in [0.717, 1.165) is 21.9 Å². The monoisotopic (exact) mass is 303 g/mol. The minimum Gasteiger partial charge on any atom is -0.497 e. The third-order valence-electron chi connectivity index (χ3n) is 3.77. The maximum absolute atomic E-state index is 11.2. The Kier molecular flexibility index (Phi) is 3.70. The fourth-order valence-corrected chi connectivity index (χ4v) is 2.62. The Bertz CT molecular complexity index is 954. The standard InChI is InChI=1S/C19H13NO3/c1-23-15-7-8-16(14(9-15)11-20)17-4-2-3-12-5-6-13(19(21)22)10-18(12)17/h2-10H,1H3,(H,21,22). The second-order valence-electron chi connectivity index (χ2n) is 5.07. The molecule has 4 heteroatoms. The van der Waals surface area contributed by atoms with Crippen LogP contribution >= 0.6 is 0 Å². The minimum absolute atomic E-state index is 0.219. The summed E-state index contributed by atoms with van der Waals surface area (Å²) in [5.74, 6) is -0.367. The molecule has 3 rings (SSSR count). The van der Waals surface area contributed by atoms with Gasteiger partial charge in [0, 0.05) is 5.56 Å². The minimum atomic E-state index is -0.975. The highest BCUT2D eigenvalue weighted by atomic mass is 16.5. The molecule has 0 radical (unpaired) electrons. The Hall–Kier alpha value is -3.32. The molecule has 23 heavy (non-hydrogen) atoms. The number of ether oxygens (including phenoxy) is 1. The van der Waals surface area contributed by atoms with Crippen molar-refractivity contribution >= 4 is 16.7 Å². The molecule has 0 aliphatic heterocycles. The lowest BCUT2D eigenvalue weighted by atomic mass is 9.94. The van der Waals surface area contributed by atoms with Crippen LogP contribution in [0.1, 0.15) is 15.9 Å². The van der Waals surface area contributed by atoms with Crippen molar-refractivity contribution in [1.29, 1.82) is 5.26 Å². The van der Waals surface area contributed by atoms with Crippen LogP contribution in [-0.4, -0.2) is 18.2 Å². The van der Waals surface area contributed by atoms with Crippen molar-refractivity contribution in [1.82, 2.24) is 0 Å². The molecule has 0 unspecified atom stereocenters. The number of aromatic carboxylic acids is 1. The number of carbonyl (C=O) groups is 1. The second-order valence-corrected chi connectivity index (χ2v) is 5.07. The van der Waals surface area contributed by atoms with Crippen LogP contribution in [-0.2, 0) is 0 Å². The van der Waals surface area contributed by atoms with Crippen LogP contribution in [0.2, 0.25) is 0 Å². The van der Waals surface area contributed by atoms with Gasteiger partial charge in [-0.15, -0.1) is 0 Å². The van der Waals surface area contributed by atoms with Gasteiger partial charge in [-0.3, -0.25) is 0 Å². The van der Waals surface area contributed by atoms with Crippen LogP contribution in [0.4, 0.5) is 0 Å². The highest BCUT2D eigenvalue weighted by Crippen LogP contribution is 2.33. The Morgan fingerprint density at radius 2 is 1.91 bits per heavy atom. The average molecular weight is 303 g/mol. The highest BCUT2D eigenvalue weighted by molar-refractivity contribution is 6.02. The molecule has 0 aromatic heterocycles. The van der Waals surface area contributed by atoms with E-state index in [4.69, 9.17) is 4.74 Å². The molecule has 0 saturated carbocycles. The number of fused-ring (bicyclic) bond motifs is 1. The van der Waals surface area contributed by atoms with Crippen molar-refractivity contribution in [3.05, 3.63) is 65.7 Å². The number of hydrogen-bond acceptors (Lipinski definition) is 3. The Morgan fingerprint density at radius 3 is 2.61 bits per heavy atom. The molecule has 0 aliphatic rings. The summed E-state index contributed by atoms with van der Waals surface area (Å²) < 4.78 is 5.16. The zero-order valence-electron chi connectivity index (χ0n) is 12.4. The van der Waals surface area contributed by atoms with E-state index >= 15 is 0 Å². The summed E-state index contributed by atoms with van der Waals surface area (Å²) in [6, 6.07) is 18.1. The van der Waals surface area contributed by atoms with Gasteiger partial charge in [-0.1, -0.05) is 24.3 Å². The molecule has 0 aliphatic carbocycles. The summed E-state index contributed by atoms with van der Waals surface area (Å²) in [5, 5.41) is 20.3. The van der Waals surface area contributed by atoms with E-state index in [2.05, 4.69) is 6.07 Å². The average Bonchev–Trinajstić information content (AvgIpc) is 2.60. The van der Waals surface area contributed by atoms with Gasteiger partial charge >= 0.3 is 5.97 Å². The van der Waals surface area contributed by atoms with E-state index in [0.29, 0.717) is 11.3 Å². The molecular weight excluding hydrogens is 290 g/mol. The van der Waals surface area contributed by atoms with Crippen molar-refractivity contribution in [3.63, 3.8) is 0 Å². The molecule has 0 fully saturated rings. The number of benzene rings is 3. The normalized spacial score (nSPS) is 10.3. The molecule has 112 valence electrons. The maximum Gasteiger partial charge on any atom is 0.335 e. The van der Waals surface area contributed by atoms with Crippen LogP contribution in [0.5, 0.6) is 5.75 Å². The smallest absolute Gasteiger partial charge is 0.335 e. The molecular formula is C19H13NO3. The molecule has 0 atom stereocenters. The SMILES string of the molecule is COc1ccc(-c2cccc3ccc(C(=O)O)cc23)c(C#N)c1. The van der Waals surface area contributed by atoms with Crippen molar-refractivity contribution in [2.75, 3.05) is 7.11 Å². The van der Waals surface area contributed by atoms with Gasteiger partial charge in [-0.05, 0) is 46.7 Å². The summed E-state index contributed by atoms with van der Waals surface area (Å²) in [6.07, 6.45) is 0. The van der Waals surface area contributed by atoms with Crippen LogP contribution in [0.3, 0.4) is 0 Å². The number of methoxy groups -OCH3 is 1. The number of nitriles is 1. The number of carboxylic acids is 1. The molecule has 0 spiro atoms. The largest absolute Gasteiger partial charge is 0.497 e. The van der Waals surface area contributed by atoms with Gasteiger partial charge in [0.1, 0.15) is 5.75 Å². The van der Waals surface area contributed by atoms with Gasteiger partial charge in [-0.2, -0.15) is 5.26 Å². The molecule has 0 saturated heterocycles. The first-order valence-electron chi connectivity index (χ1n) is 6.98. The molecule has 0 amide bonds.